The number of ether oxygens (including phenoxy) is 2. The molecule has 2 atom stereocenters. The van der Waals surface area contributed by atoms with Crippen LogP contribution in [0, 0.1) is 6.92 Å². The first-order valence-electron chi connectivity index (χ1n) is 10.5. The first-order valence-corrected chi connectivity index (χ1v) is 11.9. The molecule has 0 aliphatic carbocycles. The Labute approximate surface area is 189 Å². The second kappa shape index (κ2) is 9.88. The lowest BCUT2D eigenvalue weighted by molar-refractivity contribution is -0.125. The molecule has 0 unspecified atom stereocenters. The second-order valence-electron chi connectivity index (χ2n) is 7.70. The average molecular weight is 466 g/mol. The first-order chi connectivity index (χ1) is 15.2. The molecule has 1 aliphatic heterocycles. The SMILES string of the molecule is CCn1cc([C@H]2C[C@H](C(=O)NCCc3ccc(OC)c(OC)c3)N(C)S(=O)(=O)N2)c(C)n1. The maximum atomic E-state index is 12.9. The molecule has 2 aromatic rings. The number of nitrogens with zero attached hydrogens (tertiary/aromatic N) is 3. The monoisotopic (exact) mass is 465 g/mol. The van der Waals surface area contributed by atoms with Gasteiger partial charge in [-0.15, -0.1) is 0 Å². The van der Waals surface area contributed by atoms with Crippen molar-refractivity contribution in [3.8, 4) is 11.5 Å². The van der Waals surface area contributed by atoms with Gasteiger partial charge in [-0.05, 0) is 44.4 Å². The lowest BCUT2D eigenvalue weighted by Crippen LogP contribution is -2.57. The van der Waals surface area contributed by atoms with Crippen LogP contribution in [0.5, 0.6) is 11.5 Å². The first kappa shape index (κ1) is 24.0. The molecule has 10 nitrogen and oxygen atoms in total. The Morgan fingerprint density at radius 2 is 2.00 bits per heavy atom. The molecule has 3 rings (SSSR count). The molecule has 1 aliphatic rings. The number of rotatable bonds is 8. The number of carbonyl (C=O) groups excluding carboxylic acids is 1. The summed E-state index contributed by atoms with van der Waals surface area (Å²) < 4.78 is 41.4. The van der Waals surface area contributed by atoms with E-state index in [-0.39, 0.29) is 5.91 Å². The standard InChI is InChI=1S/C21H31N5O5S/c1-6-26-13-16(14(2)23-26)17-12-18(25(3)32(28,29)24-17)21(27)22-10-9-15-7-8-19(30-4)20(11-15)31-5/h7-8,11,13,17-18,24H,6,9-10,12H2,1-5H3,(H,22,27)/t17-,18-/m1/s1. The van der Waals surface area contributed by atoms with Crippen LogP contribution in [-0.4, -0.2) is 62.3 Å². The number of hydrogen-bond donors (Lipinski definition) is 2. The molecular formula is C21H31N5O5S. The van der Waals surface area contributed by atoms with Crippen molar-refractivity contribution in [2.24, 2.45) is 0 Å². The fourth-order valence-electron chi connectivity index (χ4n) is 3.83. The molecule has 32 heavy (non-hydrogen) atoms. The lowest BCUT2D eigenvalue weighted by Gasteiger charge is -2.36. The zero-order valence-electron chi connectivity index (χ0n) is 19.1. The Balaban J connectivity index is 1.68. The van der Waals surface area contributed by atoms with E-state index in [0.717, 1.165) is 21.1 Å². The molecule has 1 saturated heterocycles. The zero-order valence-corrected chi connectivity index (χ0v) is 19.9. The number of likely N-dealkylation sites (N-methyl/N-ethyl adjacent to an activating group) is 1. The number of nitrogens with one attached hydrogen (secondary N) is 2. The molecule has 0 spiro atoms. The van der Waals surface area contributed by atoms with Crippen molar-refractivity contribution in [2.75, 3.05) is 27.8 Å². The van der Waals surface area contributed by atoms with Gasteiger partial charge in [-0.3, -0.25) is 9.48 Å². The molecule has 11 heteroatoms. The van der Waals surface area contributed by atoms with Crippen molar-refractivity contribution < 1.29 is 22.7 Å². The molecule has 0 radical (unpaired) electrons. The quantitative estimate of drug-likeness (QED) is 0.605. The van der Waals surface area contributed by atoms with Crippen LogP contribution in [0.4, 0.5) is 0 Å². The number of aryl methyl sites for hydroxylation is 2. The lowest BCUT2D eigenvalue weighted by atomic mass is 10.00. The molecular weight excluding hydrogens is 434 g/mol. The van der Waals surface area contributed by atoms with Gasteiger partial charge < -0.3 is 14.8 Å². The minimum absolute atomic E-state index is 0.314. The number of benzene rings is 1. The van der Waals surface area contributed by atoms with Gasteiger partial charge in [-0.2, -0.15) is 22.5 Å². The van der Waals surface area contributed by atoms with Gasteiger partial charge >= 0.3 is 0 Å². The minimum atomic E-state index is -3.81. The van der Waals surface area contributed by atoms with Crippen LogP contribution in [0.15, 0.2) is 24.4 Å². The van der Waals surface area contributed by atoms with Crippen LogP contribution < -0.4 is 19.5 Å². The maximum Gasteiger partial charge on any atom is 0.280 e. The van der Waals surface area contributed by atoms with E-state index < -0.39 is 22.3 Å². The van der Waals surface area contributed by atoms with Gasteiger partial charge in [0, 0.05) is 31.9 Å². The number of carbonyl (C=O) groups is 1. The van der Waals surface area contributed by atoms with E-state index in [2.05, 4.69) is 15.1 Å². The third-order valence-electron chi connectivity index (χ3n) is 5.72. The Kier molecular flexibility index (Phi) is 7.42. The molecule has 1 aromatic carbocycles. The predicted octanol–water partition coefficient (Wildman–Crippen LogP) is 1.17. The Hall–Kier alpha value is -2.63. The van der Waals surface area contributed by atoms with Gasteiger partial charge in [0.25, 0.3) is 10.2 Å². The predicted molar refractivity (Wildman–Crippen MR) is 120 cm³/mol. The highest BCUT2D eigenvalue weighted by Crippen LogP contribution is 2.30. The average Bonchev–Trinajstić information content (AvgIpc) is 3.16. The summed E-state index contributed by atoms with van der Waals surface area (Å²) in [7, 11) is 0.751. The van der Waals surface area contributed by atoms with Gasteiger partial charge in [0.2, 0.25) is 5.91 Å². The van der Waals surface area contributed by atoms with Crippen molar-refractivity contribution in [1.29, 1.82) is 0 Å². The molecule has 1 amide bonds. The van der Waals surface area contributed by atoms with Crippen LogP contribution in [0.1, 0.15) is 36.2 Å². The Bertz CT molecular complexity index is 1070. The fourth-order valence-corrected chi connectivity index (χ4v) is 5.10. The highest BCUT2D eigenvalue weighted by molar-refractivity contribution is 7.87. The summed E-state index contributed by atoms with van der Waals surface area (Å²) in [5, 5.41) is 7.27. The van der Waals surface area contributed by atoms with Gasteiger partial charge in [0.1, 0.15) is 6.04 Å². The number of amides is 1. The van der Waals surface area contributed by atoms with E-state index >= 15 is 0 Å². The van der Waals surface area contributed by atoms with E-state index in [9.17, 15) is 13.2 Å². The van der Waals surface area contributed by atoms with Crippen LogP contribution >= 0.6 is 0 Å². The molecule has 2 N–H and O–H groups in total. The van der Waals surface area contributed by atoms with Gasteiger partial charge in [0.15, 0.2) is 11.5 Å². The number of aromatic nitrogens is 2. The van der Waals surface area contributed by atoms with Gasteiger partial charge in [-0.25, -0.2) is 0 Å². The van der Waals surface area contributed by atoms with E-state index in [1.54, 1.807) is 18.9 Å². The molecule has 0 saturated carbocycles. The van der Waals surface area contributed by atoms with E-state index in [0.29, 0.717) is 37.4 Å². The van der Waals surface area contributed by atoms with Gasteiger partial charge in [-0.1, -0.05) is 6.07 Å². The minimum Gasteiger partial charge on any atom is -0.493 e. The molecule has 1 fully saturated rings. The van der Waals surface area contributed by atoms with Crippen molar-refractivity contribution in [3.63, 3.8) is 0 Å². The van der Waals surface area contributed by atoms with Gasteiger partial charge in [0.05, 0.1) is 26.0 Å². The summed E-state index contributed by atoms with van der Waals surface area (Å²) in [5.41, 5.74) is 2.50. The van der Waals surface area contributed by atoms with E-state index in [1.165, 1.54) is 7.05 Å². The molecule has 2 heterocycles. The van der Waals surface area contributed by atoms with Crippen molar-refractivity contribution in [2.45, 2.75) is 45.3 Å². The van der Waals surface area contributed by atoms with E-state index in [1.807, 2.05) is 38.2 Å². The normalized spacial score (nSPS) is 20.7. The Morgan fingerprint density at radius 1 is 1.28 bits per heavy atom. The fraction of sp³-hybridized carbons (Fsp3) is 0.524. The Morgan fingerprint density at radius 3 is 2.62 bits per heavy atom. The summed E-state index contributed by atoms with van der Waals surface area (Å²) in [6.07, 6.45) is 2.72. The third kappa shape index (κ3) is 5.05. The summed E-state index contributed by atoms with van der Waals surface area (Å²) in [6.45, 7) is 4.85. The topological polar surface area (TPSA) is 115 Å². The van der Waals surface area contributed by atoms with E-state index in [4.69, 9.17) is 9.47 Å². The maximum absolute atomic E-state index is 12.9. The summed E-state index contributed by atoms with van der Waals surface area (Å²) in [6, 6.07) is 4.24. The summed E-state index contributed by atoms with van der Waals surface area (Å²) in [5.74, 6) is 0.921. The highest BCUT2D eigenvalue weighted by Gasteiger charge is 2.41. The molecule has 176 valence electrons. The largest absolute Gasteiger partial charge is 0.493 e. The number of hydrogen-bond acceptors (Lipinski definition) is 6. The van der Waals surface area contributed by atoms with Crippen molar-refractivity contribution >= 4 is 16.1 Å². The highest BCUT2D eigenvalue weighted by atomic mass is 32.2. The zero-order chi connectivity index (χ0) is 23.5. The van der Waals surface area contributed by atoms with Crippen LogP contribution in [0.3, 0.4) is 0 Å². The third-order valence-corrected chi connectivity index (χ3v) is 7.31. The summed E-state index contributed by atoms with van der Waals surface area (Å²) >= 11 is 0. The van der Waals surface area contributed by atoms with Crippen molar-refractivity contribution in [1.82, 2.24) is 24.1 Å². The van der Waals surface area contributed by atoms with Crippen LogP contribution in [0.2, 0.25) is 0 Å². The number of methoxy groups -OCH3 is 2. The van der Waals surface area contributed by atoms with Crippen LogP contribution in [-0.2, 0) is 28.0 Å². The van der Waals surface area contributed by atoms with Crippen LogP contribution in [0.25, 0.3) is 0 Å². The smallest absolute Gasteiger partial charge is 0.280 e. The summed E-state index contributed by atoms with van der Waals surface area (Å²) in [4.78, 5) is 12.9. The van der Waals surface area contributed by atoms with Crippen molar-refractivity contribution in [3.05, 3.63) is 41.2 Å². The molecule has 1 aromatic heterocycles. The molecule has 0 bridgehead atoms. The second-order valence-corrected chi connectivity index (χ2v) is 9.46.